The van der Waals surface area contributed by atoms with Crippen molar-refractivity contribution < 1.29 is 4.74 Å². The molecule has 4 rings (SSSR count). The van der Waals surface area contributed by atoms with Crippen LogP contribution in [-0.2, 0) is 4.74 Å². The van der Waals surface area contributed by atoms with Crippen molar-refractivity contribution in [3.05, 3.63) is 46.5 Å². The van der Waals surface area contributed by atoms with Crippen molar-refractivity contribution in [2.24, 2.45) is 0 Å². The smallest absolute Gasteiger partial charge is 0.148 e. The molecule has 0 unspecified atom stereocenters. The van der Waals surface area contributed by atoms with E-state index in [1.165, 1.54) is 0 Å². The van der Waals surface area contributed by atoms with Gasteiger partial charge in [0.05, 0.1) is 30.4 Å². The Balaban J connectivity index is 1.60. The van der Waals surface area contributed by atoms with Gasteiger partial charge in [-0.2, -0.15) is 0 Å². The third-order valence-corrected chi connectivity index (χ3v) is 4.79. The Hall–Kier alpha value is -2.05. The summed E-state index contributed by atoms with van der Waals surface area (Å²) >= 11 is 1.66. The van der Waals surface area contributed by atoms with E-state index in [9.17, 15) is 0 Å². The summed E-state index contributed by atoms with van der Waals surface area (Å²) in [6.07, 6.45) is 1.86. The fourth-order valence-electron chi connectivity index (χ4n) is 2.63. The zero-order valence-corrected chi connectivity index (χ0v) is 13.1. The van der Waals surface area contributed by atoms with Crippen molar-refractivity contribution in [1.82, 2.24) is 15.0 Å². The predicted octanol–water partition coefficient (Wildman–Crippen LogP) is 2.97. The molecule has 0 bridgehead atoms. The number of ether oxygens (including phenoxy) is 1. The Morgan fingerprint density at radius 3 is 2.91 bits per heavy atom. The van der Waals surface area contributed by atoms with Crippen LogP contribution in [0.4, 0.5) is 5.82 Å². The summed E-state index contributed by atoms with van der Waals surface area (Å²) in [4.78, 5) is 16.0. The van der Waals surface area contributed by atoms with Crippen LogP contribution in [0.5, 0.6) is 0 Å². The number of thiazole rings is 1. The number of morpholine rings is 1. The standard InChI is InChI=1S/C16H16N4OS/c1-11-10-22-16(18-11)14-9-20(6-7-21-14)15-8-17-12-4-2-3-5-13(12)19-15/h2-5,8,10,14H,6-7,9H2,1H3/t14-/m1/s1. The first-order valence-electron chi connectivity index (χ1n) is 7.30. The number of para-hydroxylation sites is 2. The molecule has 3 heterocycles. The van der Waals surface area contributed by atoms with Crippen LogP contribution in [-0.4, -0.2) is 34.6 Å². The molecule has 3 aromatic rings. The second-order valence-electron chi connectivity index (χ2n) is 5.35. The van der Waals surface area contributed by atoms with E-state index in [0.717, 1.165) is 40.6 Å². The molecule has 2 aromatic heterocycles. The molecular formula is C16H16N4OS. The topological polar surface area (TPSA) is 51.1 Å². The number of rotatable bonds is 2. The Morgan fingerprint density at radius 2 is 2.09 bits per heavy atom. The molecule has 1 aliphatic rings. The van der Waals surface area contributed by atoms with E-state index in [1.807, 2.05) is 37.4 Å². The van der Waals surface area contributed by atoms with Crippen LogP contribution in [0.15, 0.2) is 35.8 Å². The lowest BCUT2D eigenvalue weighted by molar-refractivity contribution is 0.0393. The summed E-state index contributed by atoms with van der Waals surface area (Å²) in [6, 6.07) is 7.94. The Morgan fingerprint density at radius 1 is 1.23 bits per heavy atom. The van der Waals surface area contributed by atoms with Crippen LogP contribution in [0.2, 0.25) is 0 Å². The Labute approximate surface area is 132 Å². The second kappa shape index (κ2) is 5.62. The van der Waals surface area contributed by atoms with Gasteiger partial charge in [-0.1, -0.05) is 12.1 Å². The number of anilines is 1. The van der Waals surface area contributed by atoms with Crippen molar-refractivity contribution in [3.8, 4) is 0 Å². The molecule has 0 amide bonds. The highest BCUT2D eigenvalue weighted by atomic mass is 32.1. The number of hydrogen-bond acceptors (Lipinski definition) is 6. The van der Waals surface area contributed by atoms with Crippen molar-refractivity contribution in [2.45, 2.75) is 13.0 Å². The van der Waals surface area contributed by atoms with Crippen LogP contribution in [0.3, 0.4) is 0 Å². The molecule has 1 aliphatic heterocycles. The van der Waals surface area contributed by atoms with E-state index in [1.54, 1.807) is 11.3 Å². The molecule has 0 N–H and O–H groups in total. The van der Waals surface area contributed by atoms with Gasteiger partial charge in [0.25, 0.3) is 0 Å². The van der Waals surface area contributed by atoms with E-state index in [4.69, 9.17) is 9.72 Å². The molecular weight excluding hydrogens is 296 g/mol. The maximum Gasteiger partial charge on any atom is 0.148 e. The fourth-order valence-corrected chi connectivity index (χ4v) is 3.46. The number of fused-ring (bicyclic) bond motifs is 1. The van der Waals surface area contributed by atoms with Gasteiger partial charge in [0.1, 0.15) is 16.9 Å². The lowest BCUT2D eigenvalue weighted by Gasteiger charge is -2.32. The third kappa shape index (κ3) is 2.55. The minimum Gasteiger partial charge on any atom is -0.367 e. The zero-order valence-electron chi connectivity index (χ0n) is 12.3. The lowest BCUT2D eigenvalue weighted by Crippen LogP contribution is -2.38. The maximum absolute atomic E-state index is 5.87. The average molecular weight is 312 g/mol. The van der Waals surface area contributed by atoms with Gasteiger partial charge in [0, 0.05) is 17.6 Å². The first kappa shape index (κ1) is 13.6. The summed E-state index contributed by atoms with van der Waals surface area (Å²) < 4.78 is 5.87. The highest BCUT2D eigenvalue weighted by molar-refractivity contribution is 7.09. The summed E-state index contributed by atoms with van der Waals surface area (Å²) in [6.45, 7) is 4.28. The normalized spacial score (nSPS) is 18.8. The fraction of sp³-hybridized carbons (Fsp3) is 0.312. The molecule has 6 heteroatoms. The molecule has 1 fully saturated rings. The molecule has 5 nitrogen and oxygen atoms in total. The summed E-state index contributed by atoms with van der Waals surface area (Å²) in [5.41, 5.74) is 2.89. The van der Waals surface area contributed by atoms with Crippen molar-refractivity contribution in [2.75, 3.05) is 24.6 Å². The molecule has 0 aliphatic carbocycles. The van der Waals surface area contributed by atoms with E-state index in [2.05, 4.69) is 20.2 Å². The van der Waals surface area contributed by atoms with E-state index in [-0.39, 0.29) is 6.10 Å². The van der Waals surface area contributed by atoms with Crippen molar-refractivity contribution in [3.63, 3.8) is 0 Å². The van der Waals surface area contributed by atoms with Crippen LogP contribution in [0.25, 0.3) is 11.0 Å². The SMILES string of the molecule is Cc1csc([C@H]2CN(c3cnc4ccccc4n3)CCO2)n1. The van der Waals surface area contributed by atoms with Crippen molar-refractivity contribution in [1.29, 1.82) is 0 Å². The monoisotopic (exact) mass is 312 g/mol. The number of aryl methyl sites for hydroxylation is 1. The van der Waals surface area contributed by atoms with Gasteiger partial charge in [-0.3, -0.25) is 4.98 Å². The van der Waals surface area contributed by atoms with Crippen LogP contribution in [0, 0.1) is 6.92 Å². The first-order valence-corrected chi connectivity index (χ1v) is 8.18. The molecule has 0 spiro atoms. The van der Waals surface area contributed by atoms with Gasteiger partial charge >= 0.3 is 0 Å². The quantitative estimate of drug-likeness (QED) is 0.728. The minimum atomic E-state index is 0.0146. The lowest BCUT2D eigenvalue weighted by atomic mass is 10.2. The molecule has 1 saturated heterocycles. The Bertz CT molecular complexity index is 803. The van der Waals surface area contributed by atoms with Gasteiger partial charge in [-0.05, 0) is 19.1 Å². The van der Waals surface area contributed by atoms with Gasteiger partial charge in [0.15, 0.2) is 0 Å². The molecule has 1 atom stereocenters. The largest absolute Gasteiger partial charge is 0.367 e. The highest BCUT2D eigenvalue weighted by Gasteiger charge is 2.25. The summed E-state index contributed by atoms with van der Waals surface area (Å²) in [5.74, 6) is 0.903. The minimum absolute atomic E-state index is 0.0146. The van der Waals surface area contributed by atoms with E-state index in [0.29, 0.717) is 6.61 Å². The number of nitrogens with zero attached hydrogens (tertiary/aromatic N) is 4. The van der Waals surface area contributed by atoms with Gasteiger partial charge in [0.2, 0.25) is 0 Å². The van der Waals surface area contributed by atoms with Crippen molar-refractivity contribution >= 4 is 28.2 Å². The van der Waals surface area contributed by atoms with Gasteiger partial charge < -0.3 is 9.64 Å². The molecule has 0 radical (unpaired) electrons. The molecule has 22 heavy (non-hydrogen) atoms. The Kier molecular flexibility index (Phi) is 3.48. The second-order valence-corrected chi connectivity index (χ2v) is 6.24. The zero-order chi connectivity index (χ0) is 14.9. The number of aromatic nitrogens is 3. The highest BCUT2D eigenvalue weighted by Crippen LogP contribution is 2.27. The number of benzene rings is 1. The molecule has 1 aromatic carbocycles. The number of hydrogen-bond donors (Lipinski definition) is 0. The average Bonchev–Trinajstić information content (AvgIpc) is 3.01. The molecule has 112 valence electrons. The van der Waals surface area contributed by atoms with Gasteiger partial charge in [-0.15, -0.1) is 11.3 Å². The predicted molar refractivity (Wildman–Crippen MR) is 87.3 cm³/mol. The third-order valence-electron chi connectivity index (χ3n) is 3.74. The maximum atomic E-state index is 5.87. The first-order chi connectivity index (χ1) is 10.8. The summed E-state index contributed by atoms with van der Waals surface area (Å²) in [5, 5.41) is 3.10. The van der Waals surface area contributed by atoms with Crippen LogP contribution < -0.4 is 4.90 Å². The van der Waals surface area contributed by atoms with Gasteiger partial charge in [-0.25, -0.2) is 9.97 Å². The van der Waals surface area contributed by atoms with E-state index < -0.39 is 0 Å². The van der Waals surface area contributed by atoms with Crippen LogP contribution >= 0.6 is 11.3 Å². The molecule has 0 saturated carbocycles. The summed E-state index contributed by atoms with van der Waals surface area (Å²) in [7, 11) is 0. The van der Waals surface area contributed by atoms with Crippen LogP contribution in [0.1, 0.15) is 16.8 Å². The van der Waals surface area contributed by atoms with E-state index >= 15 is 0 Å².